The number of hydrogen-bond acceptors (Lipinski definition) is 4. The number of esters is 1. The van der Waals surface area contributed by atoms with Crippen LogP contribution in [0.5, 0.6) is 0 Å². The molecule has 15 heavy (non-hydrogen) atoms. The number of imidazole rings is 1. The largest absolute Gasteiger partial charge is 0.467 e. The van der Waals surface area contributed by atoms with E-state index in [0.29, 0.717) is 0 Å². The van der Waals surface area contributed by atoms with Crippen LogP contribution in [0.15, 0.2) is 12.4 Å². The van der Waals surface area contributed by atoms with E-state index in [2.05, 4.69) is 4.98 Å². The van der Waals surface area contributed by atoms with Crippen LogP contribution in [0.4, 0.5) is 5.95 Å². The third-order valence-electron chi connectivity index (χ3n) is 2.78. The van der Waals surface area contributed by atoms with Gasteiger partial charge in [-0.25, -0.2) is 9.78 Å². The Bertz CT molecular complexity index is 361. The van der Waals surface area contributed by atoms with Crippen LogP contribution in [0, 0.1) is 0 Å². The van der Waals surface area contributed by atoms with Crippen LogP contribution >= 0.6 is 0 Å². The normalized spacial score (nSPS) is 20.7. The second-order valence-corrected chi connectivity index (χ2v) is 3.71. The molecule has 2 heterocycles. The van der Waals surface area contributed by atoms with E-state index in [1.54, 1.807) is 6.20 Å². The number of anilines is 1. The Kier molecular flexibility index (Phi) is 2.62. The number of methoxy groups -OCH3 is 1. The molecule has 1 aromatic heterocycles. The fourth-order valence-electron chi connectivity index (χ4n) is 2.02. The second kappa shape index (κ2) is 3.92. The number of ether oxygens (including phenoxy) is 1. The van der Waals surface area contributed by atoms with E-state index >= 15 is 0 Å². The van der Waals surface area contributed by atoms with Gasteiger partial charge in [-0.05, 0) is 12.8 Å². The topological polar surface area (TPSA) is 47.4 Å². The number of carbonyl (C=O) groups excluding carboxylic acids is 1. The fourth-order valence-corrected chi connectivity index (χ4v) is 2.02. The van der Waals surface area contributed by atoms with Gasteiger partial charge in [-0.2, -0.15) is 0 Å². The minimum absolute atomic E-state index is 0.170. The van der Waals surface area contributed by atoms with Gasteiger partial charge in [0.25, 0.3) is 0 Å². The Morgan fingerprint density at radius 1 is 1.67 bits per heavy atom. The van der Waals surface area contributed by atoms with Crippen molar-refractivity contribution in [3.8, 4) is 0 Å². The van der Waals surface area contributed by atoms with Crippen molar-refractivity contribution in [2.45, 2.75) is 18.9 Å². The monoisotopic (exact) mass is 209 g/mol. The van der Waals surface area contributed by atoms with E-state index in [9.17, 15) is 4.79 Å². The Morgan fingerprint density at radius 2 is 2.47 bits per heavy atom. The van der Waals surface area contributed by atoms with E-state index in [-0.39, 0.29) is 12.0 Å². The molecule has 1 saturated heterocycles. The van der Waals surface area contributed by atoms with E-state index < -0.39 is 0 Å². The first-order valence-electron chi connectivity index (χ1n) is 5.06. The fraction of sp³-hybridized carbons (Fsp3) is 0.600. The molecule has 0 N–H and O–H groups in total. The number of carbonyl (C=O) groups is 1. The van der Waals surface area contributed by atoms with Crippen molar-refractivity contribution in [1.82, 2.24) is 9.55 Å². The highest BCUT2D eigenvalue weighted by atomic mass is 16.5. The summed E-state index contributed by atoms with van der Waals surface area (Å²) in [6.45, 7) is 0.866. The average molecular weight is 209 g/mol. The Balaban J connectivity index is 2.22. The summed E-state index contributed by atoms with van der Waals surface area (Å²) in [5, 5.41) is 0. The van der Waals surface area contributed by atoms with Crippen LogP contribution in [0.3, 0.4) is 0 Å². The first-order valence-corrected chi connectivity index (χ1v) is 5.06. The molecule has 0 radical (unpaired) electrons. The molecule has 1 atom stereocenters. The predicted octanol–water partition coefficient (Wildman–Crippen LogP) is 0.562. The molecule has 0 bridgehead atoms. The van der Waals surface area contributed by atoms with Crippen LogP contribution in [-0.2, 0) is 16.6 Å². The van der Waals surface area contributed by atoms with Gasteiger partial charge in [-0.1, -0.05) is 0 Å². The highest BCUT2D eigenvalue weighted by molar-refractivity contribution is 5.79. The molecule has 0 aliphatic carbocycles. The lowest BCUT2D eigenvalue weighted by atomic mass is 10.2. The molecule has 0 spiro atoms. The quantitative estimate of drug-likeness (QED) is 0.668. The third-order valence-corrected chi connectivity index (χ3v) is 2.78. The minimum Gasteiger partial charge on any atom is -0.467 e. The van der Waals surface area contributed by atoms with Crippen molar-refractivity contribution in [2.75, 3.05) is 18.6 Å². The Morgan fingerprint density at radius 3 is 3.07 bits per heavy atom. The maximum atomic E-state index is 11.5. The SMILES string of the molecule is COC(=O)C1CCCN1c1nccn1C. The molecule has 5 heteroatoms. The predicted molar refractivity (Wildman–Crippen MR) is 55.6 cm³/mol. The van der Waals surface area contributed by atoms with Crippen molar-refractivity contribution in [2.24, 2.45) is 7.05 Å². The van der Waals surface area contributed by atoms with Crippen molar-refractivity contribution in [3.63, 3.8) is 0 Å². The lowest BCUT2D eigenvalue weighted by Gasteiger charge is -2.23. The number of aryl methyl sites for hydroxylation is 1. The zero-order chi connectivity index (χ0) is 10.8. The summed E-state index contributed by atoms with van der Waals surface area (Å²) in [6.07, 6.45) is 5.47. The van der Waals surface area contributed by atoms with Crippen LogP contribution in [0.1, 0.15) is 12.8 Å². The number of aromatic nitrogens is 2. The van der Waals surface area contributed by atoms with Gasteiger partial charge in [0.05, 0.1) is 7.11 Å². The molecule has 1 fully saturated rings. The highest BCUT2D eigenvalue weighted by Gasteiger charge is 2.33. The van der Waals surface area contributed by atoms with Crippen LogP contribution in [0.2, 0.25) is 0 Å². The minimum atomic E-state index is -0.171. The van der Waals surface area contributed by atoms with Crippen LogP contribution in [-0.4, -0.2) is 35.2 Å². The van der Waals surface area contributed by atoms with Gasteiger partial charge in [0.2, 0.25) is 5.95 Å². The standard InChI is InChI=1S/C10H15N3O2/c1-12-7-5-11-10(12)13-6-3-4-8(13)9(14)15-2/h5,7-8H,3-4,6H2,1-2H3. The number of hydrogen-bond donors (Lipinski definition) is 0. The average Bonchev–Trinajstić information content (AvgIpc) is 2.84. The maximum absolute atomic E-state index is 11.5. The van der Waals surface area contributed by atoms with Gasteiger partial charge in [0.15, 0.2) is 0 Å². The summed E-state index contributed by atoms with van der Waals surface area (Å²) in [6, 6.07) is -0.170. The molecule has 1 aliphatic rings. The van der Waals surface area contributed by atoms with Gasteiger partial charge in [-0.3, -0.25) is 0 Å². The van der Waals surface area contributed by atoms with Crippen molar-refractivity contribution < 1.29 is 9.53 Å². The van der Waals surface area contributed by atoms with E-state index in [0.717, 1.165) is 25.3 Å². The lowest BCUT2D eigenvalue weighted by molar-refractivity contribution is -0.141. The summed E-state index contributed by atoms with van der Waals surface area (Å²) in [5.74, 6) is 0.665. The molecule has 0 saturated carbocycles. The zero-order valence-corrected chi connectivity index (χ0v) is 9.01. The zero-order valence-electron chi connectivity index (χ0n) is 9.01. The molecule has 0 aromatic carbocycles. The highest BCUT2D eigenvalue weighted by Crippen LogP contribution is 2.24. The smallest absolute Gasteiger partial charge is 0.328 e. The Labute approximate surface area is 88.7 Å². The van der Waals surface area contributed by atoms with Gasteiger partial charge in [-0.15, -0.1) is 0 Å². The molecule has 1 unspecified atom stereocenters. The van der Waals surface area contributed by atoms with Crippen molar-refractivity contribution in [1.29, 1.82) is 0 Å². The van der Waals surface area contributed by atoms with E-state index in [1.807, 2.05) is 22.7 Å². The van der Waals surface area contributed by atoms with Gasteiger partial charge < -0.3 is 14.2 Å². The first kappa shape index (κ1) is 10.0. The third kappa shape index (κ3) is 1.69. The summed E-state index contributed by atoms with van der Waals surface area (Å²) in [4.78, 5) is 17.8. The molecule has 0 amide bonds. The lowest BCUT2D eigenvalue weighted by Crippen LogP contribution is -2.38. The van der Waals surface area contributed by atoms with E-state index in [4.69, 9.17) is 4.74 Å². The molecular formula is C10H15N3O2. The van der Waals surface area contributed by atoms with Crippen molar-refractivity contribution >= 4 is 11.9 Å². The van der Waals surface area contributed by atoms with Crippen LogP contribution < -0.4 is 4.90 Å². The van der Waals surface area contributed by atoms with Crippen LogP contribution in [0.25, 0.3) is 0 Å². The number of rotatable bonds is 2. The Hall–Kier alpha value is -1.52. The molecule has 1 aromatic rings. The summed E-state index contributed by atoms with van der Waals surface area (Å²) in [7, 11) is 3.35. The maximum Gasteiger partial charge on any atom is 0.328 e. The van der Waals surface area contributed by atoms with E-state index in [1.165, 1.54) is 7.11 Å². The summed E-state index contributed by atoms with van der Waals surface area (Å²) in [5.41, 5.74) is 0. The molecular weight excluding hydrogens is 194 g/mol. The number of nitrogens with zero attached hydrogens (tertiary/aromatic N) is 3. The van der Waals surface area contributed by atoms with Gasteiger partial charge in [0.1, 0.15) is 6.04 Å². The van der Waals surface area contributed by atoms with Gasteiger partial charge >= 0.3 is 5.97 Å². The molecule has 2 rings (SSSR count). The second-order valence-electron chi connectivity index (χ2n) is 3.71. The summed E-state index contributed by atoms with van der Waals surface area (Å²) >= 11 is 0. The van der Waals surface area contributed by atoms with Crippen molar-refractivity contribution in [3.05, 3.63) is 12.4 Å². The first-order chi connectivity index (χ1) is 7.24. The van der Waals surface area contributed by atoms with Gasteiger partial charge in [0, 0.05) is 26.0 Å². The molecule has 1 aliphatic heterocycles. The molecule has 5 nitrogen and oxygen atoms in total. The summed E-state index contributed by atoms with van der Waals surface area (Å²) < 4.78 is 6.70. The molecule has 82 valence electrons.